The Bertz CT molecular complexity index is 1360. The van der Waals surface area contributed by atoms with Crippen molar-refractivity contribution in [3.63, 3.8) is 0 Å². The van der Waals surface area contributed by atoms with Crippen LogP contribution in [-0.4, -0.2) is 54.6 Å². The molecule has 8 nitrogen and oxygen atoms in total. The molecule has 1 fully saturated rings. The van der Waals surface area contributed by atoms with Gasteiger partial charge in [-0.05, 0) is 55.7 Å². The second-order valence-corrected chi connectivity index (χ2v) is 10.6. The molecule has 36 heavy (non-hydrogen) atoms. The second kappa shape index (κ2) is 10.4. The van der Waals surface area contributed by atoms with Gasteiger partial charge in [-0.15, -0.1) is 0 Å². The minimum Gasteiger partial charge on any atom is -0.369 e. The van der Waals surface area contributed by atoms with E-state index in [0.29, 0.717) is 19.6 Å². The first-order valence-electron chi connectivity index (χ1n) is 11.7. The summed E-state index contributed by atoms with van der Waals surface area (Å²) in [7, 11) is -4.05. The van der Waals surface area contributed by atoms with Gasteiger partial charge in [0, 0.05) is 57.2 Å². The molecule has 1 N–H and O–H groups in total. The van der Waals surface area contributed by atoms with Crippen LogP contribution in [0.1, 0.15) is 34.0 Å². The number of rotatable bonds is 7. The molecule has 0 radical (unpaired) electrons. The number of hydrogen-bond acceptors (Lipinski definition) is 5. The number of anilines is 1. The standard InChI is InChI=1S/C25H29F2N5O3S/c1-4-31-16-22(24(33)28-15-19-12-20(26)14-21(27)13-19)25(29-31)36(34,35)32-10-8-30(9-11-32)23-7-5-6-17(2)18(23)3/h5-7,12-14,16H,4,8-11,15H2,1-3H3,(H,28,33). The molecule has 0 spiro atoms. The first-order chi connectivity index (χ1) is 17.1. The summed E-state index contributed by atoms with van der Waals surface area (Å²) in [5.41, 5.74) is 3.52. The average molecular weight is 518 g/mol. The molecule has 3 aromatic rings. The molecule has 2 heterocycles. The van der Waals surface area contributed by atoms with Crippen LogP contribution >= 0.6 is 0 Å². The second-order valence-electron chi connectivity index (χ2n) is 8.77. The van der Waals surface area contributed by atoms with Gasteiger partial charge in [0.2, 0.25) is 5.03 Å². The quantitative estimate of drug-likeness (QED) is 0.520. The third-order valence-electron chi connectivity index (χ3n) is 6.41. The van der Waals surface area contributed by atoms with Gasteiger partial charge in [-0.3, -0.25) is 9.48 Å². The van der Waals surface area contributed by atoms with E-state index in [1.807, 2.05) is 32.0 Å². The van der Waals surface area contributed by atoms with Gasteiger partial charge in [0.1, 0.15) is 11.6 Å². The molecule has 11 heteroatoms. The van der Waals surface area contributed by atoms with E-state index in [2.05, 4.69) is 15.3 Å². The van der Waals surface area contributed by atoms with Crippen molar-refractivity contribution in [2.45, 2.75) is 38.9 Å². The van der Waals surface area contributed by atoms with E-state index in [0.717, 1.165) is 29.4 Å². The van der Waals surface area contributed by atoms with Crippen LogP contribution in [0.2, 0.25) is 0 Å². The summed E-state index contributed by atoms with van der Waals surface area (Å²) in [6, 6.07) is 9.00. The maximum Gasteiger partial charge on any atom is 0.263 e. The predicted octanol–water partition coefficient (Wildman–Crippen LogP) is 3.24. The number of piperazine rings is 1. The first kappa shape index (κ1) is 25.8. The Labute approximate surface area is 209 Å². The van der Waals surface area contributed by atoms with Crippen molar-refractivity contribution in [1.82, 2.24) is 19.4 Å². The normalized spacial score (nSPS) is 14.8. The molecule has 0 saturated carbocycles. The maximum absolute atomic E-state index is 13.5. The van der Waals surface area contributed by atoms with Crippen molar-refractivity contribution < 1.29 is 22.0 Å². The summed E-state index contributed by atoms with van der Waals surface area (Å²) in [5, 5.41) is 6.39. The monoisotopic (exact) mass is 517 g/mol. The van der Waals surface area contributed by atoms with E-state index in [1.54, 1.807) is 6.92 Å². The van der Waals surface area contributed by atoms with Crippen molar-refractivity contribution in [2.75, 3.05) is 31.1 Å². The van der Waals surface area contributed by atoms with Crippen molar-refractivity contribution in [3.8, 4) is 0 Å². The zero-order valence-corrected chi connectivity index (χ0v) is 21.3. The fraction of sp³-hybridized carbons (Fsp3) is 0.360. The van der Waals surface area contributed by atoms with Crippen LogP contribution in [0, 0.1) is 25.5 Å². The van der Waals surface area contributed by atoms with Crippen molar-refractivity contribution in [3.05, 3.63) is 76.5 Å². The largest absolute Gasteiger partial charge is 0.369 e. The third-order valence-corrected chi connectivity index (χ3v) is 8.25. The van der Waals surface area contributed by atoms with Crippen LogP contribution in [0.4, 0.5) is 14.5 Å². The topological polar surface area (TPSA) is 87.5 Å². The molecule has 2 aromatic carbocycles. The van der Waals surface area contributed by atoms with Crippen LogP contribution in [0.3, 0.4) is 0 Å². The fourth-order valence-electron chi connectivity index (χ4n) is 4.27. The Hall–Kier alpha value is -3.31. The number of halogens is 2. The fourth-order valence-corrected chi connectivity index (χ4v) is 5.79. The number of amides is 1. The molecular formula is C25H29F2N5O3S. The summed E-state index contributed by atoms with van der Waals surface area (Å²) in [5.74, 6) is -2.21. The maximum atomic E-state index is 13.5. The summed E-state index contributed by atoms with van der Waals surface area (Å²) in [4.78, 5) is 15.1. The van der Waals surface area contributed by atoms with Gasteiger partial charge in [-0.2, -0.15) is 9.40 Å². The van der Waals surface area contributed by atoms with E-state index >= 15 is 0 Å². The van der Waals surface area contributed by atoms with Crippen molar-refractivity contribution in [2.24, 2.45) is 0 Å². The average Bonchev–Trinajstić information content (AvgIpc) is 3.30. The van der Waals surface area contributed by atoms with E-state index in [9.17, 15) is 22.0 Å². The van der Waals surface area contributed by atoms with Crippen molar-refractivity contribution >= 4 is 21.6 Å². The minimum atomic E-state index is -4.05. The Morgan fingerprint density at radius 1 is 1.06 bits per heavy atom. The molecule has 1 saturated heterocycles. The Morgan fingerprint density at radius 3 is 2.36 bits per heavy atom. The minimum absolute atomic E-state index is 0.106. The molecule has 0 atom stereocenters. The molecule has 4 rings (SSSR count). The number of carbonyl (C=O) groups excluding carboxylic acids is 1. The van der Waals surface area contributed by atoms with E-state index in [4.69, 9.17) is 0 Å². The van der Waals surface area contributed by atoms with E-state index in [-0.39, 0.29) is 35.8 Å². The lowest BCUT2D eigenvalue weighted by Crippen LogP contribution is -2.49. The molecule has 0 bridgehead atoms. The number of aromatic nitrogens is 2. The van der Waals surface area contributed by atoms with Crippen LogP contribution in [0.5, 0.6) is 0 Å². The number of benzene rings is 2. The van der Waals surface area contributed by atoms with Gasteiger partial charge in [-0.25, -0.2) is 17.2 Å². The highest BCUT2D eigenvalue weighted by Crippen LogP contribution is 2.26. The van der Waals surface area contributed by atoms with Crippen molar-refractivity contribution in [1.29, 1.82) is 0 Å². The third kappa shape index (κ3) is 5.26. The highest BCUT2D eigenvalue weighted by atomic mass is 32.2. The molecule has 0 unspecified atom stereocenters. The number of nitrogens with zero attached hydrogens (tertiary/aromatic N) is 4. The highest BCUT2D eigenvalue weighted by Gasteiger charge is 2.35. The Morgan fingerprint density at radius 2 is 1.72 bits per heavy atom. The molecule has 1 aliphatic rings. The lowest BCUT2D eigenvalue weighted by molar-refractivity contribution is 0.0947. The Kier molecular flexibility index (Phi) is 7.41. The lowest BCUT2D eigenvalue weighted by atomic mass is 10.1. The van der Waals surface area contributed by atoms with Crippen LogP contribution in [-0.2, 0) is 23.1 Å². The molecule has 1 amide bonds. The number of hydrogen-bond donors (Lipinski definition) is 1. The Balaban J connectivity index is 1.51. The van der Waals surface area contributed by atoms with Crippen LogP contribution in [0.15, 0.2) is 47.6 Å². The number of carbonyl (C=O) groups is 1. The number of nitrogens with one attached hydrogen (secondary N) is 1. The van der Waals surface area contributed by atoms with Gasteiger partial charge in [0.05, 0.1) is 5.56 Å². The first-order valence-corrected chi connectivity index (χ1v) is 13.2. The molecular weight excluding hydrogens is 488 g/mol. The molecule has 1 aliphatic heterocycles. The van der Waals surface area contributed by atoms with Gasteiger partial charge in [-0.1, -0.05) is 12.1 Å². The van der Waals surface area contributed by atoms with E-state index < -0.39 is 27.6 Å². The summed E-state index contributed by atoms with van der Waals surface area (Å²) in [6.07, 6.45) is 1.38. The van der Waals surface area contributed by atoms with Crippen LogP contribution < -0.4 is 10.2 Å². The number of aryl methyl sites for hydroxylation is 2. The zero-order chi connectivity index (χ0) is 26.0. The molecule has 192 valence electrons. The van der Waals surface area contributed by atoms with Gasteiger partial charge in [0.25, 0.3) is 15.9 Å². The lowest BCUT2D eigenvalue weighted by Gasteiger charge is -2.36. The zero-order valence-electron chi connectivity index (χ0n) is 20.5. The molecule has 0 aliphatic carbocycles. The van der Waals surface area contributed by atoms with Gasteiger partial charge < -0.3 is 10.2 Å². The van der Waals surface area contributed by atoms with Crippen LogP contribution in [0.25, 0.3) is 0 Å². The highest BCUT2D eigenvalue weighted by molar-refractivity contribution is 7.89. The molecule has 1 aromatic heterocycles. The number of sulfonamides is 1. The predicted molar refractivity (Wildman–Crippen MR) is 132 cm³/mol. The summed E-state index contributed by atoms with van der Waals surface area (Å²) < 4.78 is 56.7. The SMILES string of the molecule is CCn1cc(C(=O)NCc2cc(F)cc(F)c2)c(S(=O)(=O)N2CCN(c3cccc(C)c3C)CC2)n1. The van der Waals surface area contributed by atoms with Gasteiger partial charge >= 0.3 is 0 Å². The smallest absolute Gasteiger partial charge is 0.263 e. The summed E-state index contributed by atoms with van der Waals surface area (Å²) in [6.45, 7) is 7.58. The van der Waals surface area contributed by atoms with E-state index in [1.165, 1.54) is 20.7 Å². The van der Waals surface area contributed by atoms with Gasteiger partial charge in [0.15, 0.2) is 0 Å². The summed E-state index contributed by atoms with van der Waals surface area (Å²) >= 11 is 0.